The van der Waals surface area contributed by atoms with Crippen molar-refractivity contribution in [1.82, 2.24) is 10.3 Å². The van der Waals surface area contributed by atoms with Gasteiger partial charge in [0.1, 0.15) is 5.01 Å². The molecule has 5 heteroatoms. The maximum Gasteiger partial charge on any atom is 0.114 e. The molecule has 1 heterocycles. The number of rotatable bonds is 4. The van der Waals surface area contributed by atoms with Crippen molar-refractivity contribution in [2.45, 2.75) is 25.9 Å². The third-order valence-corrected chi connectivity index (χ3v) is 4.16. The highest BCUT2D eigenvalue weighted by Gasteiger charge is 2.21. The lowest BCUT2D eigenvalue weighted by molar-refractivity contribution is 0.527. The van der Waals surface area contributed by atoms with Crippen molar-refractivity contribution in [3.05, 3.63) is 50.4 Å². The van der Waals surface area contributed by atoms with E-state index in [0.29, 0.717) is 16.1 Å². The van der Waals surface area contributed by atoms with Crippen molar-refractivity contribution in [3.8, 4) is 0 Å². The van der Waals surface area contributed by atoms with E-state index < -0.39 is 0 Å². The van der Waals surface area contributed by atoms with Crippen LogP contribution in [0.25, 0.3) is 0 Å². The van der Waals surface area contributed by atoms with Crippen LogP contribution in [-0.2, 0) is 0 Å². The SMILES string of the molecule is CC(C)NC(c1nccs1)c1cccc(Cl)c1Cl. The Balaban J connectivity index is 2.43. The Kier molecular flexibility index (Phi) is 4.62. The number of benzene rings is 1. The molecule has 0 radical (unpaired) electrons. The summed E-state index contributed by atoms with van der Waals surface area (Å²) in [7, 11) is 0. The second-order valence-electron chi connectivity index (χ2n) is 4.27. The Bertz CT molecular complexity index is 512. The molecule has 0 amide bonds. The molecule has 1 aromatic heterocycles. The van der Waals surface area contributed by atoms with Crippen LogP contribution in [0.3, 0.4) is 0 Å². The average Bonchev–Trinajstić information content (AvgIpc) is 2.83. The molecule has 0 fully saturated rings. The van der Waals surface area contributed by atoms with Crippen molar-refractivity contribution in [2.24, 2.45) is 0 Å². The standard InChI is InChI=1S/C13H14Cl2N2S/c1-8(2)17-12(13-16-6-7-18-13)9-4-3-5-10(14)11(9)15/h3-8,12,17H,1-2H3. The number of nitrogens with one attached hydrogen (secondary N) is 1. The fourth-order valence-electron chi connectivity index (χ4n) is 1.75. The van der Waals surface area contributed by atoms with Gasteiger partial charge in [-0.05, 0) is 25.5 Å². The highest BCUT2D eigenvalue weighted by Crippen LogP contribution is 2.34. The van der Waals surface area contributed by atoms with Gasteiger partial charge in [-0.2, -0.15) is 0 Å². The molecule has 0 aliphatic heterocycles. The van der Waals surface area contributed by atoms with Crippen molar-refractivity contribution >= 4 is 34.5 Å². The zero-order chi connectivity index (χ0) is 13.1. The van der Waals surface area contributed by atoms with Gasteiger partial charge in [0.05, 0.1) is 16.1 Å². The van der Waals surface area contributed by atoms with Crippen LogP contribution < -0.4 is 5.32 Å². The predicted molar refractivity (Wildman–Crippen MR) is 78.7 cm³/mol. The Hall–Kier alpha value is -0.610. The first-order valence-corrected chi connectivity index (χ1v) is 7.32. The van der Waals surface area contributed by atoms with Crippen molar-refractivity contribution in [1.29, 1.82) is 0 Å². The van der Waals surface area contributed by atoms with Crippen LogP contribution in [-0.4, -0.2) is 11.0 Å². The van der Waals surface area contributed by atoms with Crippen LogP contribution in [0.5, 0.6) is 0 Å². The Morgan fingerprint density at radius 2 is 2.06 bits per heavy atom. The van der Waals surface area contributed by atoms with E-state index in [2.05, 4.69) is 24.1 Å². The smallest absolute Gasteiger partial charge is 0.114 e. The van der Waals surface area contributed by atoms with Crippen molar-refractivity contribution in [2.75, 3.05) is 0 Å². The number of halogens is 2. The Morgan fingerprint density at radius 3 is 2.67 bits per heavy atom. The van der Waals surface area contributed by atoms with E-state index >= 15 is 0 Å². The molecule has 2 rings (SSSR count). The molecule has 0 saturated heterocycles. The number of hydrogen-bond donors (Lipinski definition) is 1. The lowest BCUT2D eigenvalue weighted by Crippen LogP contribution is -2.29. The summed E-state index contributed by atoms with van der Waals surface area (Å²) < 4.78 is 0. The molecule has 18 heavy (non-hydrogen) atoms. The van der Waals surface area contributed by atoms with Crippen LogP contribution in [0.1, 0.15) is 30.5 Å². The van der Waals surface area contributed by atoms with Gasteiger partial charge in [0, 0.05) is 17.6 Å². The average molecular weight is 301 g/mol. The summed E-state index contributed by atoms with van der Waals surface area (Å²) in [5, 5.41) is 7.59. The highest BCUT2D eigenvalue weighted by atomic mass is 35.5. The Labute approximate surface area is 121 Å². The molecule has 1 atom stereocenters. The van der Waals surface area contributed by atoms with E-state index in [4.69, 9.17) is 23.2 Å². The fraction of sp³-hybridized carbons (Fsp3) is 0.308. The number of thiazole rings is 1. The fourth-order valence-corrected chi connectivity index (χ4v) is 2.88. The minimum Gasteiger partial charge on any atom is -0.302 e. The van der Waals surface area contributed by atoms with Gasteiger partial charge in [-0.1, -0.05) is 35.3 Å². The summed E-state index contributed by atoms with van der Waals surface area (Å²) in [6.07, 6.45) is 1.80. The van der Waals surface area contributed by atoms with E-state index in [1.54, 1.807) is 23.6 Å². The quantitative estimate of drug-likeness (QED) is 0.897. The molecule has 2 nitrogen and oxygen atoms in total. The second kappa shape index (κ2) is 6.02. The zero-order valence-corrected chi connectivity index (χ0v) is 12.5. The minimum atomic E-state index is -0.0174. The van der Waals surface area contributed by atoms with E-state index in [-0.39, 0.29) is 6.04 Å². The minimum absolute atomic E-state index is 0.0174. The molecule has 0 spiro atoms. The molecule has 0 saturated carbocycles. The van der Waals surface area contributed by atoms with E-state index in [1.165, 1.54) is 0 Å². The molecule has 0 aliphatic rings. The van der Waals surface area contributed by atoms with Crippen LogP contribution in [0.15, 0.2) is 29.8 Å². The monoisotopic (exact) mass is 300 g/mol. The van der Waals surface area contributed by atoms with Gasteiger partial charge in [0.2, 0.25) is 0 Å². The summed E-state index contributed by atoms with van der Waals surface area (Å²) in [4.78, 5) is 4.37. The molecule has 96 valence electrons. The molecule has 0 aliphatic carbocycles. The van der Waals surface area contributed by atoms with E-state index in [0.717, 1.165) is 10.6 Å². The zero-order valence-electron chi connectivity index (χ0n) is 10.2. The lowest BCUT2D eigenvalue weighted by Gasteiger charge is -2.21. The third-order valence-electron chi connectivity index (χ3n) is 2.49. The van der Waals surface area contributed by atoms with E-state index in [1.807, 2.05) is 17.5 Å². The molecular weight excluding hydrogens is 287 g/mol. The number of aromatic nitrogens is 1. The van der Waals surface area contributed by atoms with E-state index in [9.17, 15) is 0 Å². The maximum absolute atomic E-state index is 6.29. The topological polar surface area (TPSA) is 24.9 Å². The lowest BCUT2D eigenvalue weighted by atomic mass is 10.1. The van der Waals surface area contributed by atoms with Crippen molar-refractivity contribution in [3.63, 3.8) is 0 Å². The van der Waals surface area contributed by atoms with Gasteiger partial charge in [-0.15, -0.1) is 11.3 Å². The van der Waals surface area contributed by atoms with Gasteiger partial charge in [-0.25, -0.2) is 4.98 Å². The third kappa shape index (κ3) is 3.04. The van der Waals surface area contributed by atoms with Crippen LogP contribution in [0.2, 0.25) is 10.0 Å². The second-order valence-corrected chi connectivity index (χ2v) is 5.98. The summed E-state index contributed by atoms with van der Waals surface area (Å²) in [6.45, 7) is 4.19. The summed E-state index contributed by atoms with van der Waals surface area (Å²) in [5.41, 5.74) is 0.966. The number of nitrogens with zero attached hydrogens (tertiary/aromatic N) is 1. The normalized spacial score (nSPS) is 12.9. The summed E-state index contributed by atoms with van der Waals surface area (Å²) in [6, 6.07) is 5.99. The molecule has 2 aromatic rings. The van der Waals surface area contributed by atoms with Gasteiger partial charge >= 0.3 is 0 Å². The highest BCUT2D eigenvalue weighted by molar-refractivity contribution is 7.09. The predicted octanol–water partition coefficient (Wildman–Crippen LogP) is 4.54. The summed E-state index contributed by atoms with van der Waals surface area (Å²) >= 11 is 14.0. The first-order valence-electron chi connectivity index (χ1n) is 5.69. The van der Waals surface area contributed by atoms with Crippen molar-refractivity contribution < 1.29 is 0 Å². The summed E-state index contributed by atoms with van der Waals surface area (Å²) in [5.74, 6) is 0. The molecule has 0 bridgehead atoms. The maximum atomic E-state index is 6.29. The van der Waals surface area contributed by atoms with Gasteiger partial charge in [0.25, 0.3) is 0 Å². The number of hydrogen-bond acceptors (Lipinski definition) is 3. The molecule has 1 N–H and O–H groups in total. The van der Waals surface area contributed by atoms with Crippen LogP contribution in [0.4, 0.5) is 0 Å². The van der Waals surface area contributed by atoms with Crippen LogP contribution in [0, 0.1) is 0 Å². The molecule has 1 unspecified atom stereocenters. The first kappa shape index (κ1) is 13.8. The van der Waals surface area contributed by atoms with Gasteiger partial charge in [-0.3, -0.25) is 0 Å². The van der Waals surface area contributed by atoms with Gasteiger partial charge in [0.15, 0.2) is 0 Å². The Morgan fingerprint density at radius 1 is 1.28 bits per heavy atom. The van der Waals surface area contributed by atoms with Gasteiger partial charge < -0.3 is 5.32 Å². The van der Waals surface area contributed by atoms with Crippen LogP contribution >= 0.6 is 34.5 Å². The molecule has 1 aromatic carbocycles. The molecular formula is C13H14Cl2N2S. The largest absolute Gasteiger partial charge is 0.302 e. The first-order chi connectivity index (χ1) is 8.59.